The highest BCUT2D eigenvalue weighted by atomic mass is 32.2. The van der Waals surface area contributed by atoms with Gasteiger partial charge in [0, 0.05) is 26.2 Å². The Hall–Kier alpha value is -2.66. The summed E-state index contributed by atoms with van der Waals surface area (Å²) in [6, 6.07) is 5.18. The van der Waals surface area contributed by atoms with E-state index in [0.29, 0.717) is 26.2 Å². The van der Waals surface area contributed by atoms with Crippen LogP contribution >= 0.6 is 0 Å². The molecule has 0 aromatic heterocycles. The lowest BCUT2D eigenvalue weighted by Gasteiger charge is -2.33. The molecule has 10 nitrogen and oxygen atoms in total. The van der Waals surface area contributed by atoms with Gasteiger partial charge in [0.2, 0.25) is 10.0 Å². The molecule has 1 aliphatic rings. The van der Waals surface area contributed by atoms with E-state index in [9.17, 15) is 22.8 Å². The fourth-order valence-electron chi connectivity index (χ4n) is 2.54. The maximum Gasteiger partial charge on any atom is 0.409 e. The van der Waals surface area contributed by atoms with Crippen molar-refractivity contribution in [1.29, 1.82) is 0 Å². The first-order valence-electron chi connectivity index (χ1n) is 8.68. The molecule has 28 heavy (non-hydrogen) atoms. The van der Waals surface area contributed by atoms with Crippen molar-refractivity contribution in [3.8, 4) is 0 Å². The fraction of sp³-hybridized carbons (Fsp3) is 0.471. The van der Waals surface area contributed by atoms with E-state index in [4.69, 9.17) is 9.47 Å². The minimum atomic E-state index is -3.60. The number of hydrogen-bond acceptors (Lipinski definition) is 7. The molecule has 0 spiro atoms. The monoisotopic (exact) mass is 413 g/mol. The van der Waals surface area contributed by atoms with Crippen LogP contribution in [0.2, 0.25) is 0 Å². The maximum atomic E-state index is 12.2. The van der Waals surface area contributed by atoms with E-state index in [1.54, 1.807) is 6.92 Å². The second-order valence-electron chi connectivity index (χ2n) is 5.87. The van der Waals surface area contributed by atoms with Crippen molar-refractivity contribution in [1.82, 2.24) is 14.5 Å². The number of amides is 2. The van der Waals surface area contributed by atoms with E-state index in [-0.39, 0.29) is 23.0 Å². The summed E-state index contributed by atoms with van der Waals surface area (Å²) in [5.41, 5.74) is 0.134. The third kappa shape index (κ3) is 5.42. The minimum absolute atomic E-state index is 0.0158. The normalized spacial score (nSPS) is 14.5. The quantitative estimate of drug-likeness (QED) is 0.654. The first-order chi connectivity index (χ1) is 13.3. The first kappa shape index (κ1) is 21.6. The average molecular weight is 413 g/mol. The molecule has 0 radical (unpaired) electrons. The Morgan fingerprint density at radius 3 is 2.11 bits per heavy atom. The molecule has 1 aromatic rings. The van der Waals surface area contributed by atoms with Crippen LogP contribution in [0.5, 0.6) is 0 Å². The van der Waals surface area contributed by atoms with Gasteiger partial charge in [0.15, 0.2) is 6.61 Å². The van der Waals surface area contributed by atoms with E-state index in [1.807, 2.05) is 0 Å². The Morgan fingerprint density at radius 2 is 1.57 bits per heavy atom. The summed E-state index contributed by atoms with van der Waals surface area (Å²) >= 11 is 0. The molecule has 1 heterocycles. The van der Waals surface area contributed by atoms with Gasteiger partial charge in [-0.15, -0.1) is 0 Å². The highest BCUT2D eigenvalue weighted by Crippen LogP contribution is 2.11. The van der Waals surface area contributed by atoms with Crippen molar-refractivity contribution in [3.05, 3.63) is 29.8 Å². The number of hydrogen-bond donors (Lipinski definition) is 1. The molecule has 1 aromatic carbocycles. The number of esters is 1. The van der Waals surface area contributed by atoms with E-state index < -0.39 is 28.7 Å². The van der Waals surface area contributed by atoms with Gasteiger partial charge in [-0.3, -0.25) is 4.79 Å². The number of ether oxygens (including phenoxy) is 2. The Labute approximate surface area is 163 Å². The molecule has 2 amide bonds. The van der Waals surface area contributed by atoms with Gasteiger partial charge in [0.25, 0.3) is 5.91 Å². The van der Waals surface area contributed by atoms with Crippen LogP contribution in [0.1, 0.15) is 17.3 Å². The zero-order chi connectivity index (χ0) is 20.7. The second kappa shape index (κ2) is 9.51. The molecular weight excluding hydrogens is 390 g/mol. The number of carbonyl (C=O) groups excluding carboxylic acids is 3. The van der Waals surface area contributed by atoms with E-state index >= 15 is 0 Å². The van der Waals surface area contributed by atoms with Gasteiger partial charge in [-0.05, 0) is 38.2 Å². The summed E-state index contributed by atoms with van der Waals surface area (Å²) in [6.45, 7) is 2.92. The summed E-state index contributed by atoms with van der Waals surface area (Å²) in [4.78, 5) is 38.9. The van der Waals surface area contributed by atoms with Crippen LogP contribution in [0.25, 0.3) is 0 Å². The molecule has 154 valence electrons. The van der Waals surface area contributed by atoms with Crippen molar-refractivity contribution in [3.63, 3.8) is 0 Å². The van der Waals surface area contributed by atoms with Crippen molar-refractivity contribution in [2.75, 3.05) is 46.4 Å². The first-order valence-corrected chi connectivity index (χ1v) is 10.2. The third-order valence-electron chi connectivity index (χ3n) is 4.15. The van der Waals surface area contributed by atoms with Crippen molar-refractivity contribution >= 4 is 28.0 Å². The van der Waals surface area contributed by atoms with Crippen molar-refractivity contribution in [2.24, 2.45) is 0 Å². The molecule has 1 aliphatic heterocycles. The third-order valence-corrected chi connectivity index (χ3v) is 5.58. The minimum Gasteiger partial charge on any atom is -0.452 e. The smallest absolute Gasteiger partial charge is 0.409 e. The molecule has 0 aliphatic carbocycles. The van der Waals surface area contributed by atoms with Gasteiger partial charge >= 0.3 is 12.1 Å². The number of nitrogens with one attached hydrogen (secondary N) is 1. The molecule has 1 fully saturated rings. The Bertz CT molecular complexity index is 816. The lowest BCUT2D eigenvalue weighted by atomic mass is 10.2. The Balaban J connectivity index is 1.83. The van der Waals surface area contributed by atoms with Gasteiger partial charge < -0.3 is 19.3 Å². The van der Waals surface area contributed by atoms with Crippen LogP contribution in [-0.2, 0) is 24.3 Å². The maximum absolute atomic E-state index is 12.2. The summed E-state index contributed by atoms with van der Waals surface area (Å²) < 4.78 is 35.4. The SMILES string of the molecule is CCOC(=O)N1CCN(C(=O)COC(=O)c2ccc(S(=O)(=O)NC)cc2)CC1. The number of carbonyl (C=O) groups is 3. The van der Waals surface area contributed by atoms with Gasteiger partial charge in [-0.1, -0.05) is 0 Å². The molecular formula is C17H23N3O7S. The van der Waals surface area contributed by atoms with Crippen LogP contribution < -0.4 is 4.72 Å². The van der Waals surface area contributed by atoms with Gasteiger partial charge in [0.1, 0.15) is 0 Å². The van der Waals surface area contributed by atoms with Crippen LogP contribution in [0.15, 0.2) is 29.2 Å². The average Bonchev–Trinajstić information content (AvgIpc) is 2.72. The number of benzene rings is 1. The zero-order valence-electron chi connectivity index (χ0n) is 15.7. The largest absolute Gasteiger partial charge is 0.452 e. The Morgan fingerprint density at radius 1 is 1.00 bits per heavy atom. The van der Waals surface area contributed by atoms with E-state index in [0.717, 1.165) is 0 Å². The summed E-state index contributed by atoms with van der Waals surface area (Å²) in [7, 11) is -2.31. The highest BCUT2D eigenvalue weighted by molar-refractivity contribution is 7.89. The molecule has 1 saturated heterocycles. The molecule has 0 unspecified atom stereocenters. The molecule has 1 N–H and O–H groups in total. The van der Waals surface area contributed by atoms with E-state index in [1.165, 1.54) is 41.1 Å². The molecule has 0 bridgehead atoms. The number of rotatable bonds is 6. The standard InChI is InChI=1S/C17H23N3O7S/c1-3-26-17(23)20-10-8-19(9-11-20)15(21)12-27-16(22)13-4-6-14(7-5-13)28(24,25)18-2/h4-7,18H,3,8-12H2,1-2H3. The van der Waals surface area contributed by atoms with Crippen LogP contribution in [-0.4, -0.2) is 82.6 Å². The Kier molecular flexibility index (Phi) is 7.35. The molecule has 0 atom stereocenters. The van der Waals surface area contributed by atoms with Crippen molar-refractivity contribution < 1.29 is 32.3 Å². The zero-order valence-corrected chi connectivity index (χ0v) is 16.5. The molecule has 0 saturated carbocycles. The summed E-state index contributed by atoms with van der Waals surface area (Å²) in [6.07, 6.45) is -0.412. The second-order valence-corrected chi connectivity index (χ2v) is 7.76. The lowest BCUT2D eigenvalue weighted by Crippen LogP contribution is -2.51. The molecule has 11 heteroatoms. The number of sulfonamides is 1. The van der Waals surface area contributed by atoms with Crippen LogP contribution in [0, 0.1) is 0 Å². The summed E-state index contributed by atoms with van der Waals surface area (Å²) in [5.74, 6) is -1.10. The lowest BCUT2D eigenvalue weighted by molar-refractivity contribution is -0.136. The van der Waals surface area contributed by atoms with Gasteiger partial charge in [-0.2, -0.15) is 0 Å². The van der Waals surface area contributed by atoms with Crippen LogP contribution in [0.4, 0.5) is 4.79 Å². The molecule has 2 rings (SSSR count). The fourth-order valence-corrected chi connectivity index (χ4v) is 3.27. The van der Waals surface area contributed by atoms with Crippen molar-refractivity contribution in [2.45, 2.75) is 11.8 Å². The topological polar surface area (TPSA) is 122 Å². The van der Waals surface area contributed by atoms with Crippen LogP contribution in [0.3, 0.4) is 0 Å². The predicted molar refractivity (Wildman–Crippen MR) is 98.1 cm³/mol. The summed E-state index contributed by atoms with van der Waals surface area (Å²) in [5, 5.41) is 0. The van der Waals surface area contributed by atoms with E-state index in [2.05, 4.69) is 4.72 Å². The predicted octanol–water partition coefficient (Wildman–Crippen LogP) is 0.0522. The van der Waals surface area contributed by atoms with Gasteiger partial charge in [0.05, 0.1) is 17.1 Å². The highest BCUT2D eigenvalue weighted by Gasteiger charge is 2.25. The number of nitrogens with zero attached hydrogens (tertiary/aromatic N) is 2. The number of piperazine rings is 1. The van der Waals surface area contributed by atoms with Gasteiger partial charge in [-0.25, -0.2) is 22.7 Å².